The predicted octanol–water partition coefficient (Wildman–Crippen LogP) is 4.61. The predicted molar refractivity (Wildman–Crippen MR) is 127 cm³/mol. The molecule has 1 N–H and O–H groups in total. The maximum Gasteiger partial charge on any atom is 0.251 e. The fourth-order valence-corrected chi connectivity index (χ4v) is 4.61. The van der Waals surface area contributed by atoms with Crippen molar-refractivity contribution in [1.82, 2.24) is 15.2 Å². The third kappa shape index (κ3) is 5.66. The summed E-state index contributed by atoms with van der Waals surface area (Å²) in [7, 11) is 1.68. The Bertz CT molecular complexity index is 1050. The van der Waals surface area contributed by atoms with Crippen molar-refractivity contribution in [3.8, 4) is 11.5 Å². The number of likely N-dealkylation sites (tertiary alicyclic amines) is 1. The van der Waals surface area contributed by atoms with Crippen molar-refractivity contribution in [3.63, 3.8) is 0 Å². The largest absolute Gasteiger partial charge is 0.497 e. The van der Waals surface area contributed by atoms with E-state index in [4.69, 9.17) is 9.47 Å². The molecule has 4 rings (SSSR count). The van der Waals surface area contributed by atoms with Gasteiger partial charge in [0.05, 0.1) is 23.9 Å². The van der Waals surface area contributed by atoms with Crippen molar-refractivity contribution in [3.05, 3.63) is 75.7 Å². The number of nitrogens with one attached hydrogen (secondary N) is 1. The first-order valence-corrected chi connectivity index (χ1v) is 11.8. The van der Waals surface area contributed by atoms with Gasteiger partial charge in [0.2, 0.25) is 0 Å². The lowest BCUT2D eigenvalue weighted by atomic mass is 10.0. The summed E-state index contributed by atoms with van der Waals surface area (Å²) in [4.78, 5) is 19.8. The summed E-state index contributed by atoms with van der Waals surface area (Å²) in [6, 6.07) is 15.5. The molecule has 2 heterocycles. The monoisotopic (exact) mass is 451 g/mol. The number of nitrogens with zero attached hydrogens (tertiary/aromatic N) is 2. The van der Waals surface area contributed by atoms with Gasteiger partial charge in [-0.3, -0.25) is 9.69 Å². The van der Waals surface area contributed by atoms with Crippen LogP contribution < -0.4 is 14.8 Å². The number of aryl methyl sites for hydroxylation is 1. The highest BCUT2D eigenvalue weighted by atomic mass is 32.1. The van der Waals surface area contributed by atoms with E-state index in [-0.39, 0.29) is 11.9 Å². The number of amides is 1. The van der Waals surface area contributed by atoms with Crippen molar-refractivity contribution in [2.24, 2.45) is 0 Å². The molecular formula is C25H29N3O3S. The quantitative estimate of drug-likeness (QED) is 0.515. The smallest absolute Gasteiger partial charge is 0.251 e. The molecule has 168 valence electrons. The van der Waals surface area contributed by atoms with Crippen molar-refractivity contribution < 1.29 is 14.3 Å². The highest BCUT2D eigenvalue weighted by Crippen LogP contribution is 2.27. The second kappa shape index (κ2) is 10.6. The van der Waals surface area contributed by atoms with E-state index in [9.17, 15) is 4.79 Å². The summed E-state index contributed by atoms with van der Waals surface area (Å²) in [5, 5.41) is 6.13. The molecule has 32 heavy (non-hydrogen) atoms. The zero-order chi connectivity index (χ0) is 22.3. The minimum Gasteiger partial charge on any atom is -0.497 e. The van der Waals surface area contributed by atoms with Crippen molar-refractivity contribution in [1.29, 1.82) is 0 Å². The molecule has 7 heteroatoms. The first-order valence-electron chi connectivity index (χ1n) is 10.9. The molecule has 3 aromatic rings. The zero-order valence-corrected chi connectivity index (χ0v) is 19.4. The first kappa shape index (κ1) is 22.3. The molecule has 1 aliphatic rings. The molecule has 1 atom stereocenters. The maximum atomic E-state index is 12.9. The number of rotatable bonds is 9. The number of hydrogen-bond donors (Lipinski definition) is 1. The molecule has 0 saturated carbocycles. The fraction of sp³-hybridized carbons (Fsp3) is 0.360. The van der Waals surface area contributed by atoms with Crippen molar-refractivity contribution >= 4 is 17.2 Å². The summed E-state index contributed by atoms with van der Waals surface area (Å²) < 4.78 is 11.2. The van der Waals surface area contributed by atoms with E-state index in [0.29, 0.717) is 24.5 Å². The number of hydrogen-bond acceptors (Lipinski definition) is 6. The molecule has 0 bridgehead atoms. The van der Waals surface area contributed by atoms with Gasteiger partial charge in [0.25, 0.3) is 5.91 Å². The Morgan fingerprint density at radius 2 is 1.94 bits per heavy atom. The highest BCUT2D eigenvalue weighted by Gasteiger charge is 2.24. The van der Waals surface area contributed by atoms with Crippen LogP contribution in [-0.4, -0.2) is 42.5 Å². The molecule has 1 amide bonds. The van der Waals surface area contributed by atoms with E-state index in [1.54, 1.807) is 24.5 Å². The first-order chi connectivity index (χ1) is 15.6. The fourth-order valence-electron chi connectivity index (χ4n) is 4.01. The Labute approximate surface area is 193 Å². The number of thiazole rings is 1. The summed E-state index contributed by atoms with van der Waals surface area (Å²) in [6.45, 7) is 4.98. The number of carbonyl (C=O) groups is 1. The number of aromatic nitrogens is 1. The van der Waals surface area contributed by atoms with Crippen LogP contribution in [0, 0.1) is 6.92 Å². The number of carbonyl (C=O) groups excluding carboxylic acids is 1. The van der Waals surface area contributed by atoms with Gasteiger partial charge in [-0.05, 0) is 68.8 Å². The molecule has 6 nitrogen and oxygen atoms in total. The number of methoxy groups -OCH3 is 1. The van der Waals surface area contributed by atoms with Gasteiger partial charge in [-0.2, -0.15) is 0 Å². The lowest BCUT2D eigenvalue weighted by Crippen LogP contribution is -2.36. The van der Waals surface area contributed by atoms with Gasteiger partial charge in [0, 0.05) is 17.5 Å². The third-order valence-electron chi connectivity index (χ3n) is 5.67. The standard InChI is InChI=1S/C25H29N3O3S/c1-18-27-21(17-32-18)16-31-23-10-6-8-20(14-23)25(29)26-15-24(28-11-3-4-12-28)19-7-5-9-22(13-19)30-2/h5-10,13-14,17,24H,3-4,11-12,15-16H2,1-2H3,(H,26,29). The van der Waals surface area contributed by atoms with Crippen LogP contribution in [0.5, 0.6) is 11.5 Å². The molecular weight excluding hydrogens is 422 g/mol. The number of ether oxygens (including phenoxy) is 2. The Hall–Kier alpha value is -2.90. The molecule has 0 spiro atoms. The summed E-state index contributed by atoms with van der Waals surface area (Å²) in [5.74, 6) is 1.39. The molecule has 0 radical (unpaired) electrons. The van der Waals surface area contributed by atoms with E-state index in [2.05, 4.69) is 27.3 Å². The Balaban J connectivity index is 1.41. The van der Waals surface area contributed by atoms with Crippen LogP contribution in [0.2, 0.25) is 0 Å². The van der Waals surface area contributed by atoms with Gasteiger partial charge >= 0.3 is 0 Å². The average molecular weight is 452 g/mol. The Morgan fingerprint density at radius 1 is 1.16 bits per heavy atom. The van der Waals surface area contributed by atoms with Crippen molar-refractivity contribution in [2.45, 2.75) is 32.4 Å². The molecule has 1 saturated heterocycles. The van der Waals surface area contributed by atoms with Crippen molar-refractivity contribution in [2.75, 3.05) is 26.7 Å². The van der Waals surface area contributed by atoms with Gasteiger partial charge in [0.15, 0.2) is 0 Å². The topological polar surface area (TPSA) is 63.7 Å². The van der Waals surface area contributed by atoms with Crippen LogP contribution in [0.3, 0.4) is 0 Å². The van der Waals surface area contributed by atoms with Crippen LogP contribution in [0.15, 0.2) is 53.9 Å². The van der Waals surface area contributed by atoms with E-state index in [1.807, 2.05) is 42.6 Å². The minimum atomic E-state index is -0.105. The van der Waals surface area contributed by atoms with E-state index in [0.717, 1.165) is 35.1 Å². The summed E-state index contributed by atoms with van der Waals surface area (Å²) in [6.07, 6.45) is 2.37. The number of benzene rings is 2. The highest BCUT2D eigenvalue weighted by molar-refractivity contribution is 7.09. The van der Waals surface area contributed by atoms with E-state index in [1.165, 1.54) is 12.8 Å². The molecule has 2 aromatic carbocycles. The molecule has 1 unspecified atom stereocenters. The maximum absolute atomic E-state index is 12.9. The summed E-state index contributed by atoms with van der Waals surface area (Å²) >= 11 is 1.60. The van der Waals surface area contributed by atoms with Crippen LogP contribution >= 0.6 is 11.3 Å². The second-order valence-electron chi connectivity index (χ2n) is 7.92. The minimum absolute atomic E-state index is 0.105. The second-order valence-corrected chi connectivity index (χ2v) is 8.98. The van der Waals surface area contributed by atoms with Crippen LogP contribution in [0.25, 0.3) is 0 Å². The Morgan fingerprint density at radius 3 is 2.69 bits per heavy atom. The van der Waals surface area contributed by atoms with Gasteiger partial charge < -0.3 is 14.8 Å². The lowest BCUT2D eigenvalue weighted by molar-refractivity contribution is 0.0937. The molecule has 0 aliphatic carbocycles. The van der Waals surface area contributed by atoms with Gasteiger partial charge in [0.1, 0.15) is 18.1 Å². The van der Waals surface area contributed by atoms with E-state index >= 15 is 0 Å². The van der Waals surface area contributed by atoms with Gasteiger partial charge in [-0.15, -0.1) is 11.3 Å². The van der Waals surface area contributed by atoms with Crippen LogP contribution in [-0.2, 0) is 6.61 Å². The van der Waals surface area contributed by atoms with Gasteiger partial charge in [-0.1, -0.05) is 18.2 Å². The SMILES string of the molecule is COc1cccc(C(CNC(=O)c2cccc(OCc3csc(C)n3)c2)N2CCCC2)c1. The van der Waals surface area contributed by atoms with Crippen LogP contribution in [0.1, 0.15) is 45.5 Å². The molecule has 1 fully saturated rings. The van der Waals surface area contributed by atoms with E-state index < -0.39 is 0 Å². The zero-order valence-electron chi connectivity index (χ0n) is 18.5. The molecule has 1 aromatic heterocycles. The van der Waals surface area contributed by atoms with Gasteiger partial charge in [-0.25, -0.2) is 4.98 Å². The normalized spacial score (nSPS) is 14.8. The average Bonchev–Trinajstić information content (AvgIpc) is 3.50. The molecule has 1 aliphatic heterocycles. The van der Waals surface area contributed by atoms with Crippen LogP contribution in [0.4, 0.5) is 0 Å². The Kier molecular flexibility index (Phi) is 7.39. The summed E-state index contributed by atoms with van der Waals surface area (Å²) in [5.41, 5.74) is 2.64. The third-order valence-corrected chi connectivity index (χ3v) is 6.49. The lowest BCUT2D eigenvalue weighted by Gasteiger charge is -2.28.